The second-order valence-corrected chi connectivity index (χ2v) is 4.82. The fourth-order valence-corrected chi connectivity index (χ4v) is 2.26. The molecule has 0 bridgehead atoms. The van der Waals surface area contributed by atoms with E-state index in [1.54, 1.807) is 23.5 Å². The van der Waals surface area contributed by atoms with Crippen molar-refractivity contribution in [3.05, 3.63) is 55.1 Å². The Morgan fingerprint density at radius 3 is 3.05 bits per heavy atom. The first-order chi connectivity index (χ1) is 10.7. The molecular weight excluding hydrogens is 276 g/mol. The van der Waals surface area contributed by atoms with Gasteiger partial charge in [-0.1, -0.05) is 12.6 Å². The monoisotopic (exact) mass is 294 g/mol. The summed E-state index contributed by atoms with van der Waals surface area (Å²) in [6.07, 6.45) is 7.12. The smallest absolute Gasteiger partial charge is 0.180 e. The number of anilines is 3. The maximum absolute atomic E-state index is 5.93. The number of nitrogens with one attached hydrogen (secondary N) is 1. The van der Waals surface area contributed by atoms with Gasteiger partial charge in [-0.15, -0.1) is 0 Å². The van der Waals surface area contributed by atoms with Gasteiger partial charge in [0.05, 0.1) is 17.6 Å². The zero-order valence-electron chi connectivity index (χ0n) is 12.4. The lowest BCUT2D eigenvalue weighted by Gasteiger charge is -2.17. The highest BCUT2D eigenvalue weighted by Gasteiger charge is 2.08. The fourth-order valence-electron chi connectivity index (χ4n) is 2.26. The van der Waals surface area contributed by atoms with E-state index in [1.165, 1.54) is 0 Å². The van der Waals surface area contributed by atoms with Gasteiger partial charge in [0, 0.05) is 24.6 Å². The maximum Gasteiger partial charge on any atom is 0.180 e. The van der Waals surface area contributed by atoms with Crippen molar-refractivity contribution in [1.82, 2.24) is 14.4 Å². The van der Waals surface area contributed by atoms with Crippen molar-refractivity contribution in [3.63, 3.8) is 0 Å². The number of aromatic nitrogens is 3. The molecule has 0 saturated carbocycles. The van der Waals surface area contributed by atoms with Crippen molar-refractivity contribution in [3.8, 4) is 0 Å². The second-order valence-electron chi connectivity index (χ2n) is 4.82. The molecule has 0 radical (unpaired) electrons. The second kappa shape index (κ2) is 5.87. The molecule has 0 aliphatic carbocycles. The molecule has 2 aromatic heterocycles. The minimum Gasteiger partial charge on any atom is -0.337 e. The van der Waals surface area contributed by atoms with Crippen LogP contribution in [0.1, 0.15) is 12.6 Å². The quantitative estimate of drug-likeness (QED) is 0.559. The largest absolute Gasteiger partial charge is 0.337 e. The van der Waals surface area contributed by atoms with E-state index in [-0.39, 0.29) is 0 Å². The Bertz CT molecular complexity index is 807. The third kappa shape index (κ3) is 2.51. The Hall–Kier alpha value is -2.86. The number of rotatable bonds is 5. The van der Waals surface area contributed by atoms with Crippen molar-refractivity contribution >= 4 is 28.9 Å². The molecule has 0 aliphatic rings. The van der Waals surface area contributed by atoms with Crippen LogP contribution in [0.15, 0.2) is 49.4 Å². The van der Waals surface area contributed by atoms with E-state index < -0.39 is 0 Å². The van der Waals surface area contributed by atoms with Gasteiger partial charge in [-0.2, -0.15) is 0 Å². The summed E-state index contributed by atoms with van der Waals surface area (Å²) in [4.78, 5) is 8.76. The zero-order valence-corrected chi connectivity index (χ0v) is 12.4. The van der Waals surface area contributed by atoms with Crippen LogP contribution in [-0.4, -0.2) is 20.9 Å². The lowest BCUT2D eigenvalue weighted by atomic mass is 10.2. The van der Waals surface area contributed by atoms with Crippen LogP contribution in [0.4, 0.5) is 17.2 Å². The Morgan fingerprint density at radius 1 is 1.41 bits per heavy atom. The standard InChI is InChI=1S/C16H18N6/c1-3-13-11-19-16-15(18-8-9-21(13)16)20-12-6-5-7-14(10-12)22(17)4-2/h3,5-11H,1,4,17H2,2H3,(H,18,20). The predicted molar refractivity (Wildman–Crippen MR) is 90.0 cm³/mol. The highest BCUT2D eigenvalue weighted by Crippen LogP contribution is 2.23. The van der Waals surface area contributed by atoms with Gasteiger partial charge in [0.25, 0.3) is 0 Å². The van der Waals surface area contributed by atoms with E-state index in [4.69, 9.17) is 5.84 Å². The summed E-state index contributed by atoms with van der Waals surface area (Å²) in [6, 6.07) is 7.86. The molecule has 0 spiro atoms. The first kappa shape index (κ1) is 14.1. The SMILES string of the molecule is C=Cc1cnc2c(Nc3cccc(N(N)CC)c3)nccn12. The molecule has 3 N–H and O–H groups in total. The number of benzene rings is 1. The Labute approximate surface area is 128 Å². The van der Waals surface area contributed by atoms with E-state index in [9.17, 15) is 0 Å². The van der Waals surface area contributed by atoms with Crippen molar-refractivity contribution < 1.29 is 0 Å². The van der Waals surface area contributed by atoms with Gasteiger partial charge in [0.15, 0.2) is 11.5 Å². The molecule has 6 heteroatoms. The first-order valence-electron chi connectivity index (χ1n) is 7.06. The summed E-state index contributed by atoms with van der Waals surface area (Å²) in [5, 5.41) is 4.98. The number of nitrogens with zero attached hydrogens (tertiary/aromatic N) is 4. The molecule has 0 amide bonds. The number of fused-ring (bicyclic) bond motifs is 1. The molecule has 3 aromatic rings. The summed E-state index contributed by atoms with van der Waals surface area (Å²) >= 11 is 0. The van der Waals surface area contributed by atoms with Gasteiger partial charge in [-0.25, -0.2) is 15.8 Å². The van der Waals surface area contributed by atoms with Crippen LogP contribution in [0.25, 0.3) is 11.7 Å². The minimum atomic E-state index is 0.688. The average Bonchev–Trinajstić information content (AvgIpc) is 2.98. The maximum atomic E-state index is 5.93. The molecule has 22 heavy (non-hydrogen) atoms. The van der Waals surface area contributed by atoms with Crippen LogP contribution in [-0.2, 0) is 0 Å². The van der Waals surface area contributed by atoms with E-state index in [2.05, 4.69) is 21.9 Å². The van der Waals surface area contributed by atoms with Crippen molar-refractivity contribution in [1.29, 1.82) is 0 Å². The number of hydrazine groups is 1. The van der Waals surface area contributed by atoms with Crippen LogP contribution >= 0.6 is 0 Å². The number of hydrogen-bond donors (Lipinski definition) is 2. The topological polar surface area (TPSA) is 71.5 Å². The molecule has 1 aromatic carbocycles. The molecule has 0 aliphatic heterocycles. The Morgan fingerprint density at radius 2 is 2.27 bits per heavy atom. The van der Waals surface area contributed by atoms with Crippen LogP contribution in [0.2, 0.25) is 0 Å². The highest BCUT2D eigenvalue weighted by molar-refractivity contribution is 5.72. The molecule has 0 atom stereocenters. The van der Waals surface area contributed by atoms with Crippen LogP contribution in [0, 0.1) is 0 Å². The third-order valence-corrected chi connectivity index (χ3v) is 3.45. The number of imidazole rings is 1. The van der Waals surface area contributed by atoms with E-state index >= 15 is 0 Å². The summed E-state index contributed by atoms with van der Waals surface area (Å²) in [7, 11) is 0. The van der Waals surface area contributed by atoms with Gasteiger partial charge in [0.1, 0.15) is 0 Å². The molecule has 0 saturated heterocycles. The fraction of sp³-hybridized carbons (Fsp3) is 0.125. The highest BCUT2D eigenvalue weighted by atomic mass is 15.4. The number of hydrogen-bond acceptors (Lipinski definition) is 5. The summed E-state index contributed by atoms with van der Waals surface area (Å²) in [5.41, 5.74) is 3.52. The van der Waals surface area contributed by atoms with Crippen molar-refractivity contribution in [2.24, 2.45) is 5.84 Å². The minimum absolute atomic E-state index is 0.688. The Balaban J connectivity index is 1.96. The summed E-state index contributed by atoms with van der Waals surface area (Å²) < 4.78 is 1.94. The zero-order chi connectivity index (χ0) is 15.5. The van der Waals surface area contributed by atoms with Crippen molar-refractivity contribution in [2.75, 3.05) is 16.9 Å². The van der Waals surface area contributed by atoms with Gasteiger partial charge < -0.3 is 10.3 Å². The van der Waals surface area contributed by atoms with Gasteiger partial charge in [-0.05, 0) is 31.2 Å². The molecular formula is C16H18N6. The lowest BCUT2D eigenvalue weighted by Crippen LogP contribution is -2.30. The van der Waals surface area contributed by atoms with Crippen LogP contribution in [0.3, 0.4) is 0 Å². The summed E-state index contributed by atoms with van der Waals surface area (Å²) in [6.45, 7) is 6.53. The van der Waals surface area contributed by atoms with E-state index in [0.29, 0.717) is 5.82 Å². The van der Waals surface area contributed by atoms with E-state index in [0.717, 1.165) is 29.3 Å². The van der Waals surface area contributed by atoms with Gasteiger partial charge in [0.2, 0.25) is 0 Å². The molecule has 0 fully saturated rings. The molecule has 112 valence electrons. The summed E-state index contributed by atoms with van der Waals surface area (Å²) in [5.74, 6) is 6.62. The molecule has 6 nitrogen and oxygen atoms in total. The average molecular weight is 294 g/mol. The van der Waals surface area contributed by atoms with E-state index in [1.807, 2.05) is 41.8 Å². The lowest BCUT2D eigenvalue weighted by molar-refractivity contribution is 0.892. The third-order valence-electron chi connectivity index (χ3n) is 3.45. The van der Waals surface area contributed by atoms with Crippen molar-refractivity contribution in [2.45, 2.75) is 6.92 Å². The predicted octanol–water partition coefficient (Wildman–Crippen LogP) is 2.82. The molecule has 0 unspecified atom stereocenters. The number of nitrogens with two attached hydrogens (primary N) is 1. The molecule has 2 heterocycles. The Kier molecular flexibility index (Phi) is 3.76. The normalized spacial score (nSPS) is 10.6. The van der Waals surface area contributed by atoms with Gasteiger partial charge in [-0.3, -0.25) is 4.40 Å². The molecule has 3 rings (SSSR count). The van der Waals surface area contributed by atoms with Crippen LogP contribution in [0.5, 0.6) is 0 Å². The van der Waals surface area contributed by atoms with Gasteiger partial charge >= 0.3 is 0 Å². The van der Waals surface area contributed by atoms with Crippen LogP contribution < -0.4 is 16.2 Å². The first-order valence-corrected chi connectivity index (χ1v) is 7.06.